The van der Waals surface area contributed by atoms with Crippen LogP contribution in [0.15, 0.2) is 20.0 Å². The molecule has 7 heteroatoms. The first-order valence-corrected chi connectivity index (χ1v) is 5.10. The van der Waals surface area contributed by atoms with Gasteiger partial charge in [0.25, 0.3) is 0 Å². The van der Waals surface area contributed by atoms with E-state index < -0.39 is 10.8 Å². The molecule has 0 spiro atoms. The third-order valence-corrected chi connectivity index (χ3v) is 2.32. The highest BCUT2D eigenvalue weighted by molar-refractivity contribution is 8.00. The van der Waals surface area contributed by atoms with E-state index in [0.29, 0.717) is 11.7 Å². The van der Waals surface area contributed by atoms with E-state index in [1.807, 2.05) is 0 Å². The highest BCUT2D eigenvalue weighted by Gasteiger charge is 2.27. The molecule has 6 nitrogen and oxygen atoms in total. The van der Waals surface area contributed by atoms with E-state index in [0.717, 1.165) is 0 Å². The molecule has 2 aliphatic heterocycles. The van der Waals surface area contributed by atoms with E-state index in [2.05, 4.69) is 20.0 Å². The normalized spacial score (nSPS) is 27.5. The summed E-state index contributed by atoms with van der Waals surface area (Å²) in [4.78, 5) is 15.7. The van der Waals surface area contributed by atoms with Crippen molar-refractivity contribution in [2.45, 2.75) is 6.04 Å². The van der Waals surface area contributed by atoms with Crippen LogP contribution >= 0.6 is 0 Å². The summed E-state index contributed by atoms with van der Waals surface area (Å²) in [6, 6.07) is -0.368. The summed E-state index contributed by atoms with van der Waals surface area (Å²) >= 11 is 0. The predicted octanol–water partition coefficient (Wildman–Crippen LogP) is -1.10. The predicted molar refractivity (Wildman–Crippen MR) is 52.8 cm³/mol. The Hall–Kier alpha value is -1.37. The van der Waals surface area contributed by atoms with E-state index in [-0.39, 0.29) is 11.2 Å². The molecule has 13 heavy (non-hydrogen) atoms. The molecule has 2 heterocycles. The van der Waals surface area contributed by atoms with Gasteiger partial charge in [-0.3, -0.25) is 9.20 Å². The van der Waals surface area contributed by atoms with Gasteiger partial charge in [-0.2, -0.15) is 0 Å². The molecule has 0 saturated heterocycles. The quantitative estimate of drug-likeness (QED) is 0.534. The largest absolute Gasteiger partial charge is 0.385 e. The van der Waals surface area contributed by atoms with Crippen molar-refractivity contribution in [3.8, 4) is 0 Å². The van der Waals surface area contributed by atoms with Crippen LogP contribution in [-0.2, 0) is 10.8 Å². The SMILES string of the molecule is CS(=O)C1=NC2=NC=NC2C(N)=N1. The molecule has 0 aromatic rings. The summed E-state index contributed by atoms with van der Waals surface area (Å²) < 4.78 is 11.1. The zero-order valence-corrected chi connectivity index (χ0v) is 7.65. The van der Waals surface area contributed by atoms with E-state index >= 15 is 0 Å². The van der Waals surface area contributed by atoms with Gasteiger partial charge in [0, 0.05) is 6.26 Å². The average Bonchev–Trinajstić information content (AvgIpc) is 2.51. The molecule has 0 radical (unpaired) electrons. The maximum Gasteiger partial charge on any atom is 0.221 e. The van der Waals surface area contributed by atoms with Crippen LogP contribution in [0.5, 0.6) is 0 Å². The van der Waals surface area contributed by atoms with Gasteiger partial charge in [0.15, 0.2) is 11.9 Å². The third-order valence-electron chi connectivity index (χ3n) is 1.62. The fraction of sp³-hybridized carbons (Fsp3) is 0.333. The molecule has 0 aliphatic carbocycles. The minimum atomic E-state index is -1.24. The molecule has 2 rings (SSSR count). The Morgan fingerprint density at radius 3 is 3.00 bits per heavy atom. The van der Waals surface area contributed by atoms with E-state index in [1.54, 1.807) is 0 Å². The molecule has 2 N–H and O–H groups in total. The van der Waals surface area contributed by atoms with Gasteiger partial charge in [-0.1, -0.05) is 0 Å². The maximum atomic E-state index is 11.1. The molecule has 68 valence electrons. The lowest BCUT2D eigenvalue weighted by Gasteiger charge is -2.12. The van der Waals surface area contributed by atoms with Crippen LogP contribution in [0.3, 0.4) is 0 Å². The van der Waals surface area contributed by atoms with Crippen LogP contribution in [0.25, 0.3) is 0 Å². The first-order valence-electron chi connectivity index (χ1n) is 3.54. The standard InChI is InChI=1S/C6H7N5OS/c1-13(12)6-10-4(7)3-5(11-6)9-2-8-3/h2-3H,1H3,(H2,7,8,9,10,11). The molecule has 0 saturated carbocycles. The fourth-order valence-corrected chi connectivity index (χ4v) is 1.47. The van der Waals surface area contributed by atoms with Crippen LogP contribution in [0.2, 0.25) is 0 Å². The van der Waals surface area contributed by atoms with Crippen molar-refractivity contribution in [2.75, 3.05) is 6.26 Å². The molecule has 0 amide bonds. The van der Waals surface area contributed by atoms with E-state index in [9.17, 15) is 4.21 Å². The van der Waals surface area contributed by atoms with Gasteiger partial charge in [0.2, 0.25) is 5.17 Å². The Labute approximate surface area is 76.8 Å². The number of aliphatic imine (C=N–C) groups is 4. The van der Waals surface area contributed by atoms with Crippen LogP contribution in [-0.4, -0.2) is 39.7 Å². The van der Waals surface area contributed by atoms with Crippen LogP contribution in [0.4, 0.5) is 0 Å². The van der Waals surface area contributed by atoms with Gasteiger partial charge < -0.3 is 5.73 Å². The second kappa shape index (κ2) is 2.84. The maximum absolute atomic E-state index is 11.1. The van der Waals surface area contributed by atoms with Gasteiger partial charge in [-0.15, -0.1) is 0 Å². The van der Waals surface area contributed by atoms with Crippen molar-refractivity contribution in [3.63, 3.8) is 0 Å². The van der Waals surface area contributed by atoms with Crippen molar-refractivity contribution in [3.05, 3.63) is 0 Å². The average molecular weight is 197 g/mol. The number of nitrogens with two attached hydrogens (primary N) is 1. The molecule has 2 aliphatic rings. The Morgan fingerprint density at radius 2 is 2.31 bits per heavy atom. The van der Waals surface area contributed by atoms with Crippen molar-refractivity contribution < 1.29 is 4.21 Å². The van der Waals surface area contributed by atoms with Gasteiger partial charge in [-0.05, 0) is 0 Å². The van der Waals surface area contributed by atoms with Crippen molar-refractivity contribution in [1.82, 2.24) is 0 Å². The monoisotopic (exact) mass is 197 g/mol. The Morgan fingerprint density at radius 1 is 1.54 bits per heavy atom. The van der Waals surface area contributed by atoms with Crippen LogP contribution in [0.1, 0.15) is 0 Å². The summed E-state index contributed by atoms with van der Waals surface area (Å²) in [5.74, 6) is 0.769. The first-order chi connectivity index (χ1) is 6.18. The van der Waals surface area contributed by atoms with E-state index in [4.69, 9.17) is 5.73 Å². The van der Waals surface area contributed by atoms with Crippen LogP contribution in [0, 0.1) is 0 Å². The minimum Gasteiger partial charge on any atom is -0.385 e. The van der Waals surface area contributed by atoms with Gasteiger partial charge in [0.05, 0.1) is 10.8 Å². The highest BCUT2D eigenvalue weighted by atomic mass is 32.2. The molecule has 2 unspecified atom stereocenters. The smallest absolute Gasteiger partial charge is 0.221 e. The molecule has 2 atom stereocenters. The third kappa shape index (κ3) is 1.31. The lowest BCUT2D eigenvalue weighted by Crippen LogP contribution is -2.37. The second-order valence-electron chi connectivity index (χ2n) is 2.54. The number of hydrogen-bond donors (Lipinski definition) is 1. The van der Waals surface area contributed by atoms with Gasteiger partial charge >= 0.3 is 0 Å². The number of hydrogen-bond acceptors (Lipinski definition) is 6. The second-order valence-corrected chi connectivity index (χ2v) is 3.81. The Balaban J connectivity index is 2.43. The summed E-state index contributed by atoms with van der Waals surface area (Å²) in [5, 5.41) is 0.206. The van der Waals surface area contributed by atoms with E-state index in [1.165, 1.54) is 12.6 Å². The lowest BCUT2D eigenvalue weighted by atomic mass is 10.2. The summed E-state index contributed by atoms with van der Waals surface area (Å²) in [5.41, 5.74) is 5.59. The number of amidine groups is 3. The molecule has 0 aromatic carbocycles. The van der Waals surface area contributed by atoms with Crippen molar-refractivity contribution >= 4 is 34.0 Å². The molecule has 0 bridgehead atoms. The Bertz CT molecular complexity index is 394. The molecule has 0 aromatic heterocycles. The van der Waals surface area contributed by atoms with Gasteiger partial charge in [0.1, 0.15) is 12.2 Å². The Kier molecular flexibility index (Phi) is 1.80. The summed E-state index contributed by atoms with van der Waals surface area (Å²) in [6.07, 6.45) is 2.87. The van der Waals surface area contributed by atoms with Crippen LogP contribution < -0.4 is 5.73 Å². The topological polar surface area (TPSA) is 92.5 Å². The van der Waals surface area contributed by atoms with Crippen molar-refractivity contribution in [2.24, 2.45) is 25.7 Å². The molecular weight excluding hydrogens is 190 g/mol. The first kappa shape index (κ1) is 8.24. The number of nitrogens with zero attached hydrogens (tertiary/aromatic N) is 4. The highest BCUT2D eigenvalue weighted by Crippen LogP contribution is 2.09. The minimum absolute atomic E-state index is 0.206. The molecule has 0 fully saturated rings. The lowest BCUT2D eigenvalue weighted by molar-refractivity contribution is 0.693. The number of fused-ring (bicyclic) bond motifs is 1. The zero-order valence-electron chi connectivity index (χ0n) is 6.84. The summed E-state index contributed by atoms with van der Waals surface area (Å²) in [6.45, 7) is 0. The fourth-order valence-electron chi connectivity index (χ4n) is 1.02. The molecular formula is C6H7N5OS. The van der Waals surface area contributed by atoms with Crippen molar-refractivity contribution in [1.29, 1.82) is 0 Å². The number of rotatable bonds is 0. The zero-order chi connectivity index (χ0) is 9.42. The summed E-state index contributed by atoms with van der Waals surface area (Å²) in [7, 11) is -1.24. The van der Waals surface area contributed by atoms with Gasteiger partial charge in [-0.25, -0.2) is 15.0 Å².